The van der Waals surface area contributed by atoms with Crippen molar-refractivity contribution in [2.45, 2.75) is 51.7 Å². The highest BCUT2D eigenvalue weighted by molar-refractivity contribution is 5.95. The molecule has 26 heavy (non-hydrogen) atoms. The molecule has 0 aromatic heterocycles. The van der Waals surface area contributed by atoms with Crippen molar-refractivity contribution in [1.82, 2.24) is 0 Å². The van der Waals surface area contributed by atoms with Gasteiger partial charge in [0, 0.05) is 24.4 Å². The van der Waals surface area contributed by atoms with E-state index in [0.717, 1.165) is 12.0 Å². The van der Waals surface area contributed by atoms with E-state index >= 15 is 0 Å². The maximum absolute atomic E-state index is 12.9. The van der Waals surface area contributed by atoms with E-state index in [1.165, 1.54) is 0 Å². The van der Waals surface area contributed by atoms with Crippen LogP contribution in [0, 0.1) is 10.8 Å². The van der Waals surface area contributed by atoms with Crippen LogP contribution in [0.25, 0.3) is 0 Å². The van der Waals surface area contributed by atoms with Gasteiger partial charge in [-0.2, -0.15) is 0 Å². The minimum absolute atomic E-state index is 0.131. The fourth-order valence-electron chi connectivity index (χ4n) is 4.45. The molecule has 1 aliphatic heterocycles. The second-order valence-electron chi connectivity index (χ2n) is 8.21. The summed E-state index contributed by atoms with van der Waals surface area (Å²) in [6.45, 7) is 7.03. The molecule has 0 radical (unpaired) electrons. The zero-order valence-electron chi connectivity index (χ0n) is 16.4. The van der Waals surface area contributed by atoms with Crippen LogP contribution in [-0.2, 0) is 25.4 Å². The molecule has 1 aliphatic carbocycles. The molecule has 0 saturated heterocycles. The summed E-state index contributed by atoms with van der Waals surface area (Å²) < 4.78 is 17.3. The summed E-state index contributed by atoms with van der Waals surface area (Å²) >= 11 is 0. The molecule has 1 spiro atoms. The number of hydrogen-bond donors (Lipinski definition) is 0. The molecule has 1 heterocycles. The van der Waals surface area contributed by atoms with Crippen LogP contribution in [0.15, 0.2) is 35.3 Å². The topological polar surface area (TPSA) is 57.1 Å². The number of ether oxygens (including phenoxy) is 3. The van der Waals surface area contributed by atoms with Crippen LogP contribution in [0.1, 0.15) is 39.2 Å². The van der Waals surface area contributed by atoms with Gasteiger partial charge in [0.05, 0.1) is 13.7 Å². The van der Waals surface area contributed by atoms with E-state index in [4.69, 9.17) is 19.2 Å². The predicted octanol–water partition coefficient (Wildman–Crippen LogP) is 3.41. The lowest BCUT2D eigenvalue weighted by Gasteiger charge is -2.49. The highest BCUT2D eigenvalue weighted by atomic mass is 16.6. The molecule has 3 rings (SSSR count). The quantitative estimate of drug-likeness (QED) is 0.773. The Morgan fingerprint density at radius 1 is 1.15 bits per heavy atom. The average molecular weight is 359 g/mol. The van der Waals surface area contributed by atoms with E-state index in [2.05, 4.69) is 20.8 Å². The molecule has 0 unspecified atom stereocenters. The third-order valence-electron chi connectivity index (χ3n) is 6.64. The average Bonchev–Trinajstić information content (AvgIpc) is 2.80. The Morgan fingerprint density at radius 3 is 2.46 bits per heavy atom. The molecule has 1 fully saturated rings. The van der Waals surface area contributed by atoms with Crippen LogP contribution in [0.3, 0.4) is 0 Å². The summed E-state index contributed by atoms with van der Waals surface area (Å²) in [7, 11) is 3.32. The van der Waals surface area contributed by atoms with Crippen molar-refractivity contribution in [3.05, 3.63) is 35.9 Å². The minimum atomic E-state index is -0.834. The smallest absolute Gasteiger partial charge is 0.332 e. The van der Waals surface area contributed by atoms with Crippen LogP contribution in [0.2, 0.25) is 0 Å². The number of nitrogens with zero attached hydrogens (tertiary/aromatic N) is 1. The molecule has 1 aromatic rings. The van der Waals surface area contributed by atoms with Gasteiger partial charge in [-0.3, -0.25) is 0 Å². The van der Waals surface area contributed by atoms with Crippen molar-refractivity contribution in [3.63, 3.8) is 0 Å². The van der Waals surface area contributed by atoms with Crippen molar-refractivity contribution in [1.29, 1.82) is 0 Å². The molecule has 5 heteroatoms. The van der Waals surface area contributed by atoms with Crippen molar-refractivity contribution in [3.8, 4) is 0 Å². The molecule has 1 aromatic carbocycles. The Labute approximate surface area is 155 Å². The molecule has 3 atom stereocenters. The lowest BCUT2D eigenvalue weighted by Crippen LogP contribution is -2.60. The zero-order chi connectivity index (χ0) is 19.0. The van der Waals surface area contributed by atoms with Gasteiger partial charge in [-0.1, -0.05) is 51.1 Å². The SMILES string of the molecule is COC[C@]1(C)CC[C@]2(OC(=O)[C@H](Cc3ccccc3)N=C2OC)C1(C)C. The van der Waals surface area contributed by atoms with E-state index in [9.17, 15) is 4.79 Å². The summed E-state index contributed by atoms with van der Waals surface area (Å²) in [5.41, 5.74) is -0.273. The van der Waals surface area contributed by atoms with Crippen LogP contribution < -0.4 is 0 Å². The first kappa shape index (κ1) is 18.9. The van der Waals surface area contributed by atoms with Gasteiger partial charge in [0.1, 0.15) is 0 Å². The van der Waals surface area contributed by atoms with Gasteiger partial charge in [0.15, 0.2) is 11.6 Å². The van der Waals surface area contributed by atoms with Gasteiger partial charge < -0.3 is 14.2 Å². The number of hydrogen-bond acceptors (Lipinski definition) is 5. The Morgan fingerprint density at radius 2 is 1.85 bits per heavy atom. The van der Waals surface area contributed by atoms with Gasteiger partial charge in [-0.25, -0.2) is 9.79 Å². The van der Waals surface area contributed by atoms with Gasteiger partial charge in [-0.05, 0) is 18.4 Å². The maximum atomic E-state index is 12.9. The van der Waals surface area contributed by atoms with Crippen molar-refractivity contribution in [2.24, 2.45) is 15.8 Å². The van der Waals surface area contributed by atoms with Crippen LogP contribution in [0.5, 0.6) is 0 Å². The molecule has 0 N–H and O–H groups in total. The Balaban J connectivity index is 1.95. The number of benzene rings is 1. The highest BCUT2D eigenvalue weighted by Gasteiger charge is 2.67. The van der Waals surface area contributed by atoms with Crippen molar-refractivity contribution >= 4 is 11.9 Å². The van der Waals surface area contributed by atoms with Gasteiger partial charge in [-0.15, -0.1) is 0 Å². The van der Waals surface area contributed by atoms with Crippen LogP contribution in [-0.4, -0.2) is 44.3 Å². The standard InChI is InChI=1S/C21H29NO4/c1-19(2)20(3,14-24-4)11-12-21(19)18(25-5)22-16(17(23)26-21)13-15-9-7-6-8-10-15/h6-10,16H,11-14H2,1-5H3/t16-,20-,21+/m0/s1. The maximum Gasteiger partial charge on any atom is 0.332 e. The minimum Gasteiger partial charge on any atom is -0.481 e. The third kappa shape index (κ3) is 2.73. The number of methoxy groups -OCH3 is 2. The fourth-order valence-corrected chi connectivity index (χ4v) is 4.45. The molecular weight excluding hydrogens is 330 g/mol. The number of carbonyl (C=O) groups is 1. The van der Waals surface area contributed by atoms with Gasteiger partial charge in [0.2, 0.25) is 5.90 Å². The fraction of sp³-hybridized carbons (Fsp3) is 0.619. The number of aliphatic imine (C=N–C) groups is 1. The van der Waals surface area contributed by atoms with E-state index in [-0.39, 0.29) is 16.8 Å². The molecular formula is C21H29NO4. The second kappa shape index (κ2) is 6.69. The number of esters is 1. The number of rotatable bonds is 4. The van der Waals surface area contributed by atoms with E-state index in [1.807, 2.05) is 30.3 Å². The normalized spacial score (nSPS) is 33.0. The summed E-state index contributed by atoms with van der Waals surface area (Å²) in [4.78, 5) is 17.6. The predicted molar refractivity (Wildman–Crippen MR) is 100 cm³/mol. The summed E-state index contributed by atoms with van der Waals surface area (Å²) in [5, 5.41) is 0. The van der Waals surface area contributed by atoms with E-state index in [0.29, 0.717) is 25.3 Å². The van der Waals surface area contributed by atoms with Crippen LogP contribution >= 0.6 is 0 Å². The lowest BCUT2D eigenvalue weighted by atomic mass is 9.63. The number of carbonyl (C=O) groups excluding carboxylic acids is 1. The first-order valence-electron chi connectivity index (χ1n) is 9.18. The molecule has 5 nitrogen and oxygen atoms in total. The molecule has 0 bridgehead atoms. The van der Waals surface area contributed by atoms with Gasteiger partial charge in [0.25, 0.3) is 0 Å². The zero-order valence-corrected chi connectivity index (χ0v) is 16.4. The van der Waals surface area contributed by atoms with Crippen LogP contribution in [0.4, 0.5) is 0 Å². The summed E-state index contributed by atoms with van der Waals surface area (Å²) in [5.74, 6) is 0.257. The van der Waals surface area contributed by atoms with Crippen molar-refractivity contribution < 1.29 is 19.0 Å². The molecule has 142 valence electrons. The van der Waals surface area contributed by atoms with Crippen molar-refractivity contribution in [2.75, 3.05) is 20.8 Å². The summed E-state index contributed by atoms with van der Waals surface area (Å²) in [6, 6.07) is 9.30. The Bertz CT molecular complexity index is 699. The monoisotopic (exact) mass is 359 g/mol. The summed E-state index contributed by atoms with van der Waals surface area (Å²) in [6.07, 6.45) is 2.08. The van der Waals surface area contributed by atoms with E-state index < -0.39 is 11.6 Å². The first-order chi connectivity index (χ1) is 12.3. The third-order valence-corrected chi connectivity index (χ3v) is 6.64. The Kier molecular flexibility index (Phi) is 4.86. The molecule has 1 saturated carbocycles. The van der Waals surface area contributed by atoms with Gasteiger partial charge >= 0.3 is 5.97 Å². The Hall–Kier alpha value is -1.88. The highest BCUT2D eigenvalue weighted by Crippen LogP contribution is 2.61. The largest absolute Gasteiger partial charge is 0.481 e. The van der Waals surface area contributed by atoms with E-state index in [1.54, 1.807) is 14.2 Å². The lowest BCUT2D eigenvalue weighted by molar-refractivity contribution is -0.172. The molecule has 0 amide bonds. The second-order valence-corrected chi connectivity index (χ2v) is 8.21. The first-order valence-corrected chi connectivity index (χ1v) is 9.18. The molecule has 2 aliphatic rings.